The van der Waals surface area contributed by atoms with Gasteiger partial charge in [-0.15, -0.1) is 24.2 Å². The van der Waals surface area contributed by atoms with Crippen LogP contribution in [0.15, 0.2) is 28.0 Å². The molecular formula is C13H20Cl2N2O2S2. The number of hydrogen-bond donors (Lipinski definition) is 2. The van der Waals surface area contributed by atoms with Crippen molar-refractivity contribution >= 4 is 45.8 Å². The van der Waals surface area contributed by atoms with Gasteiger partial charge in [-0.25, -0.2) is 13.1 Å². The van der Waals surface area contributed by atoms with E-state index in [1.54, 1.807) is 12.1 Å². The minimum Gasteiger partial charge on any atom is -0.314 e. The van der Waals surface area contributed by atoms with Crippen LogP contribution in [0.4, 0.5) is 0 Å². The van der Waals surface area contributed by atoms with Gasteiger partial charge in [0.2, 0.25) is 10.0 Å². The maximum Gasteiger partial charge on any atom is 0.240 e. The molecule has 2 atom stereocenters. The van der Waals surface area contributed by atoms with E-state index in [0.29, 0.717) is 11.1 Å². The largest absolute Gasteiger partial charge is 0.314 e. The van der Waals surface area contributed by atoms with Gasteiger partial charge in [0.25, 0.3) is 0 Å². The Morgan fingerprint density at radius 1 is 1.43 bits per heavy atom. The Kier molecular flexibility index (Phi) is 7.30. The molecule has 8 heteroatoms. The average molecular weight is 371 g/mol. The summed E-state index contributed by atoms with van der Waals surface area (Å²) in [5, 5.41) is 3.77. The molecule has 2 N–H and O–H groups in total. The summed E-state index contributed by atoms with van der Waals surface area (Å²) in [5.41, 5.74) is 0. The molecule has 0 spiro atoms. The summed E-state index contributed by atoms with van der Waals surface area (Å²) in [4.78, 5) is 1.10. The van der Waals surface area contributed by atoms with Crippen LogP contribution < -0.4 is 10.0 Å². The molecule has 0 aromatic heterocycles. The molecule has 4 nitrogen and oxygen atoms in total. The molecular weight excluding hydrogens is 351 g/mol. The van der Waals surface area contributed by atoms with E-state index < -0.39 is 10.0 Å². The van der Waals surface area contributed by atoms with Crippen molar-refractivity contribution in [2.75, 3.05) is 12.8 Å². The van der Waals surface area contributed by atoms with Crippen LogP contribution >= 0.6 is 35.8 Å². The summed E-state index contributed by atoms with van der Waals surface area (Å²) < 4.78 is 27.5. The topological polar surface area (TPSA) is 58.2 Å². The van der Waals surface area contributed by atoms with Gasteiger partial charge in [-0.3, -0.25) is 0 Å². The van der Waals surface area contributed by atoms with Gasteiger partial charge in [0.05, 0.1) is 9.92 Å². The Bertz CT molecular complexity index is 582. The standard InChI is InChI=1S/C13H19ClN2O2S2.ClH/c1-9-7-10(5-6-15-9)16-20(17,18)11-3-4-13(19-2)12(14)8-11;/h3-4,8-10,15-16H,5-7H2,1-2H3;1H. The minimum atomic E-state index is -3.50. The molecule has 0 bridgehead atoms. The fraction of sp³-hybridized carbons (Fsp3) is 0.538. The highest BCUT2D eigenvalue weighted by Gasteiger charge is 2.24. The average Bonchev–Trinajstić information content (AvgIpc) is 2.38. The first kappa shape index (κ1) is 19.1. The fourth-order valence-electron chi connectivity index (χ4n) is 2.34. The number of benzene rings is 1. The molecule has 1 fully saturated rings. The highest BCUT2D eigenvalue weighted by atomic mass is 35.5. The van der Waals surface area contributed by atoms with E-state index in [-0.39, 0.29) is 23.3 Å². The molecule has 120 valence electrons. The Morgan fingerprint density at radius 2 is 2.14 bits per heavy atom. The Labute approximate surface area is 141 Å². The summed E-state index contributed by atoms with van der Waals surface area (Å²) in [7, 11) is -3.50. The van der Waals surface area contributed by atoms with Crippen molar-refractivity contribution in [3.63, 3.8) is 0 Å². The molecule has 21 heavy (non-hydrogen) atoms. The van der Waals surface area contributed by atoms with Crippen molar-refractivity contribution in [3.8, 4) is 0 Å². The number of hydrogen-bond acceptors (Lipinski definition) is 4. The maximum absolute atomic E-state index is 12.4. The predicted molar refractivity (Wildman–Crippen MR) is 91.3 cm³/mol. The van der Waals surface area contributed by atoms with Crippen LogP contribution in [0.2, 0.25) is 5.02 Å². The quantitative estimate of drug-likeness (QED) is 0.799. The lowest BCUT2D eigenvalue weighted by Gasteiger charge is -2.28. The first-order chi connectivity index (χ1) is 9.42. The second-order valence-electron chi connectivity index (χ2n) is 4.99. The number of thioether (sulfide) groups is 1. The lowest BCUT2D eigenvalue weighted by atomic mass is 10.0. The second kappa shape index (κ2) is 8.04. The zero-order valence-electron chi connectivity index (χ0n) is 11.9. The third kappa shape index (κ3) is 5.01. The van der Waals surface area contributed by atoms with Crippen molar-refractivity contribution in [2.45, 2.75) is 41.6 Å². The van der Waals surface area contributed by atoms with Gasteiger partial charge in [-0.1, -0.05) is 11.6 Å². The molecule has 1 aromatic carbocycles. The molecule has 0 amide bonds. The summed E-state index contributed by atoms with van der Waals surface area (Å²) in [6, 6.07) is 5.17. The van der Waals surface area contributed by atoms with Gasteiger partial charge in [-0.2, -0.15) is 0 Å². The number of rotatable bonds is 4. The van der Waals surface area contributed by atoms with Gasteiger partial charge < -0.3 is 5.32 Å². The third-order valence-electron chi connectivity index (χ3n) is 3.38. The van der Waals surface area contributed by atoms with E-state index in [1.165, 1.54) is 17.8 Å². The molecule has 1 heterocycles. The van der Waals surface area contributed by atoms with Gasteiger partial charge in [0.15, 0.2) is 0 Å². The normalized spacial score (nSPS) is 22.6. The Hall–Kier alpha value is 0.0200. The summed E-state index contributed by atoms with van der Waals surface area (Å²) in [5.74, 6) is 0. The SMILES string of the molecule is CSc1ccc(S(=O)(=O)NC2CCNC(C)C2)cc1Cl.Cl. The van der Waals surface area contributed by atoms with E-state index in [2.05, 4.69) is 17.0 Å². The summed E-state index contributed by atoms with van der Waals surface area (Å²) in [6.45, 7) is 2.89. The van der Waals surface area contributed by atoms with Crippen LogP contribution in [0.25, 0.3) is 0 Å². The highest BCUT2D eigenvalue weighted by Crippen LogP contribution is 2.28. The van der Waals surface area contributed by atoms with Crippen LogP contribution in [-0.2, 0) is 10.0 Å². The zero-order valence-corrected chi connectivity index (χ0v) is 15.1. The van der Waals surface area contributed by atoms with Crippen LogP contribution in [0, 0.1) is 0 Å². The van der Waals surface area contributed by atoms with E-state index >= 15 is 0 Å². The first-order valence-electron chi connectivity index (χ1n) is 6.51. The molecule has 1 aliphatic rings. The van der Waals surface area contributed by atoms with Crippen molar-refractivity contribution in [3.05, 3.63) is 23.2 Å². The Balaban J connectivity index is 0.00000220. The lowest BCUT2D eigenvalue weighted by molar-refractivity contribution is 0.361. The van der Waals surface area contributed by atoms with Crippen molar-refractivity contribution < 1.29 is 8.42 Å². The number of piperidine rings is 1. The van der Waals surface area contributed by atoms with Crippen LogP contribution in [-0.4, -0.2) is 33.3 Å². The van der Waals surface area contributed by atoms with Gasteiger partial charge >= 0.3 is 0 Å². The molecule has 1 aromatic rings. The van der Waals surface area contributed by atoms with E-state index in [0.717, 1.165) is 24.3 Å². The first-order valence-corrected chi connectivity index (χ1v) is 9.60. The molecule has 2 rings (SSSR count). The maximum atomic E-state index is 12.4. The molecule has 1 aliphatic heterocycles. The smallest absolute Gasteiger partial charge is 0.240 e. The molecule has 0 aliphatic carbocycles. The van der Waals surface area contributed by atoms with E-state index in [1.807, 2.05) is 6.26 Å². The number of halogens is 2. The molecule has 0 saturated carbocycles. The van der Waals surface area contributed by atoms with E-state index in [4.69, 9.17) is 11.6 Å². The van der Waals surface area contributed by atoms with Gasteiger partial charge in [0.1, 0.15) is 0 Å². The molecule has 1 saturated heterocycles. The van der Waals surface area contributed by atoms with Crippen LogP contribution in [0.1, 0.15) is 19.8 Å². The van der Waals surface area contributed by atoms with Crippen molar-refractivity contribution in [1.82, 2.24) is 10.0 Å². The Morgan fingerprint density at radius 3 is 2.71 bits per heavy atom. The minimum absolute atomic E-state index is 0. The van der Waals surface area contributed by atoms with Gasteiger partial charge in [-0.05, 0) is 50.8 Å². The fourth-order valence-corrected chi connectivity index (χ4v) is 4.58. The summed E-state index contributed by atoms with van der Waals surface area (Å²) >= 11 is 7.57. The predicted octanol–water partition coefficient (Wildman–Crippen LogP) is 2.90. The lowest BCUT2D eigenvalue weighted by Crippen LogP contribution is -2.46. The van der Waals surface area contributed by atoms with Crippen molar-refractivity contribution in [2.24, 2.45) is 0 Å². The zero-order chi connectivity index (χ0) is 14.8. The third-order valence-corrected chi connectivity index (χ3v) is 6.12. The molecule has 2 unspecified atom stereocenters. The van der Waals surface area contributed by atoms with Gasteiger partial charge in [0, 0.05) is 17.0 Å². The number of sulfonamides is 1. The van der Waals surface area contributed by atoms with Crippen LogP contribution in [0.5, 0.6) is 0 Å². The molecule has 0 radical (unpaired) electrons. The second-order valence-corrected chi connectivity index (χ2v) is 7.96. The van der Waals surface area contributed by atoms with Crippen molar-refractivity contribution in [1.29, 1.82) is 0 Å². The van der Waals surface area contributed by atoms with Crippen LogP contribution in [0.3, 0.4) is 0 Å². The van der Waals surface area contributed by atoms with E-state index in [9.17, 15) is 8.42 Å². The monoisotopic (exact) mass is 370 g/mol. The number of nitrogens with one attached hydrogen (secondary N) is 2. The highest BCUT2D eigenvalue weighted by molar-refractivity contribution is 7.98. The summed E-state index contributed by atoms with van der Waals surface area (Å²) in [6.07, 6.45) is 3.51.